The smallest absolute Gasteiger partial charge is 0.172 e. The Balaban J connectivity index is 1.99. The second-order valence-corrected chi connectivity index (χ2v) is 4.07. The zero-order valence-electron chi connectivity index (χ0n) is 7.91. The number of hydrogen-bond acceptors (Lipinski definition) is 3. The number of hydrogen-bond donors (Lipinski definition) is 2. The van der Waals surface area contributed by atoms with Crippen molar-refractivity contribution >= 4 is 11.6 Å². The summed E-state index contributed by atoms with van der Waals surface area (Å²) in [5.41, 5.74) is 0. The number of halogens is 1. The molecule has 14 heavy (non-hydrogen) atoms. The minimum Gasteiger partial charge on any atom is -0.504 e. The molecule has 5 heteroatoms. The Hall–Kier alpha value is -0.740. The summed E-state index contributed by atoms with van der Waals surface area (Å²) in [6.07, 6.45) is 3.79. The highest BCUT2D eigenvalue weighted by Gasteiger charge is 2.16. The largest absolute Gasteiger partial charge is 0.504 e. The first kappa shape index (κ1) is 9.80. The lowest BCUT2D eigenvalue weighted by atomic mass is 10.00. The molecule has 0 radical (unpaired) electrons. The third kappa shape index (κ3) is 2.01. The van der Waals surface area contributed by atoms with Crippen LogP contribution < -0.4 is 5.32 Å². The second-order valence-electron chi connectivity index (χ2n) is 3.72. The fourth-order valence-electron chi connectivity index (χ4n) is 1.81. The molecule has 1 aliphatic rings. The number of nitrogens with zero attached hydrogens (tertiary/aromatic N) is 2. The molecule has 2 heterocycles. The van der Waals surface area contributed by atoms with Crippen LogP contribution in [0.15, 0.2) is 6.20 Å². The lowest BCUT2D eigenvalue weighted by Crippen LogP contribution is -2.32. The van der Waals surface area contributed by atoms with Crippen molar-refractivity contribution in [3.63, 3.8) is 0 Å². The van der Waals surface area contributed by atoms with E-state index in [1.54, 1.807) is 4.68 Å². The molecule has 0 aliphatic carbocycles. The molecular formula is C9H14ClN3O. The van der Waals surface area contributed by atoms with Gasteiger partial charge in [0.2, 0.25) is 0 Å². The van der Waals surface area contributed by atoms with E-state index in [0.717, 1.165) is 19.6 Å². The molecule has 1 atom stereocenters. The zero-order valence-corrected chi connectivity index (χ0v) is 8.67. The standard InChI is InChI=1S/C9H14ClN3O/c10-9-8(14)5-12-13(9)6-7-2-1-3-11-4-7/h5,7,11,14H,1-4,6H2. The minimum absolute atomic E-state index is 0.0652. The van der Waals surface area contributed by atoms with Crippen molar-refractivity contribution in [2.45, 2.75) is 19.4 Å². The van der Waals surface area contributed by atoms with Crippen molar-refractivity contribution in [1.82, 2.24) is 15.1 Å². The van der Waals surface area contributed by atoms with Crippen LogP contribution in [0.3, 0.4) is 0 Å². The molecule has 2 rings (SSSR count). The van der Waals surface area contributed by atoms with Crippen molar-refractivity contribution in [3.05, 3.63) is 11.3 Å². The van der Waals surface area contributed by atoms with Crippen LogP contribution >= 0.6 is 11.6 Å². The summed E-state index contributed by atoms with van der Waals surface area (Å²) in [6.45, 7) is 2.90. The van der Waals surface area contributed by atoms with Crippen LogP contribution in [0.4, 0.5) is 0 Å². The molecule has 0 amide bonds. The second kappa shape index (κ2) is 4.19. The Kier molecular flexibility index (Phi) is 2.93. The maximum atomic E-state index is 9.24. The molecule has 1 saturated heterocycles. The molecule has 4 nitrogen and oxygen atoms in total. The van der Waals surface area contributed by atoms with E-state index in [0.29, 0.717) is 11.1 Å². The summed E-state index contributed by atoms with van der Waals surface area (Å²) in [5.74, 6) is 0.635. The normalized spacial score (nSPS) is 22.5. The van der Waals surface area contributed by atoms with Crippen molar-refractivity contribution in [2.75, 3.05) is 13.1 Å². The Labute approximate surface area is 87.9 Å². The summed E-state index contributed by atoms with van der Waals surface area (Å²) >= 11 is 5.86. The first-order valence-corrected chi connectivity index (χ1v) is 5.26. The molecule has 1 fully saturated rings. The van der Waals surface area contributed by atoms with Gasteiger partial charge >= 0.3 is 0 Å². The SMILES string of the molecule is Oc1cnn(CC2CCCNC2)c1Cl. The highest BCUT2D eigenvalue weighted by Crippen LogP contribution is 2.23. The van der Waals surface area contributed by atoms with Gasteiger partial charge in [0.15, 0.2) is 10.9 Å². The van der Waals surface area contributed by atoms with Crippen LogP contribution in [-0.2, 0) is 6.54 Å². The van der Waals surface area contributed by atoms with Crippen LogP contribution in [-0.4, -0.2) is 28.0 Å². The van der Waals surface area contributed by atoms with Gasteiger partial charge in [-0.15, -0.1) is 0 Å². The summed E-state index contributed by atoms with van der Waals surface area (Å²) in [6, 6.07) is 0. The molecule has 0 spiro atoms. The fourth-order valence-corrected chi connectivity index (χ4v) is 1.97. The van der Waals surface area contributed by atoms with Gasteiger partial charge in [0.1, 0.15) is 0 Å². The number of aromatic nitrogens is 2. The van der Waals surface area contributed by atoms with Crippen LogP contribution in [0.1, 0.15) is 12.8 Å². The summed E-state index contributed by atoms with van der Waals surface area (Å²) in [7, 11) is 0. The number of nitrogens with one attached hydrogen (secondary N) is 1. The molecule has 1 aliphatic heterocycles. The highest BCUT2D eigenvalue weighted by molar-refractivity contribution is 6.30. The van der Waals surface area contributed by atoms with Crippen molar-refractivity contribution in [3.8, 4) is 5.75 Å². The third-order valence-electron chi connectivity index (χ3n) is 2.59. The maximum Gasteiger partial charge on any atom is 0.172 e. The lowest BCUT2D eigenvalue weighted by molar-refractivity contribution is 0.325. The van der Waals surface area contributed by atoms with E-state index in [1.807, 2.05) is 0 Å². The first-order valence-electron chi connectivity index (χ1n) is 4.88. The minimum atomic E-state index is 0.0652. The van der Waals surface area contributed by atoms with E-state index in [1.165, 1.54) is 19.0 Å². The van der Waals surface area contributed by atoms with Gasteiger partial charge in [-0.3, -0.25) is 4.68 Å². The molecule has 78 valence electrons. The quantitative estimate of drug-likeness (QED) is 0.781. The molecule has 0 bridgehead atoms. The van der Waals surface area contributed by atoms with E-state index in [9.17, 15) is 5.11 Å². The average molecular weight is 216 g/mol. The molecular weight excluding hydrogens is 202 g/mol. The van der Waals surface area contributed by atoms with Gasteiger partial charge in [-0.2, -0.15) is 5.10 Å². The lowest BCUT2D eigenvalue weighted by Gasteiger charge is -2.22. The van der Waals surface area contributed by atoms with Crippen LogP contribution in [0.5, 0.6) is 5.75 Å². The Morgan fingerprint density at radius 3 is 3.14 bits per heavy atom. The van der Waals surface area contributed by atoms with E-state index in [4.69, 9.17) is 11.6 Å². The summed E-state index contributed by atoms with van der Waals surface area (Å²) < 4.78 is 1.66. The van der Waals surface area contributed by atoms with Crippen LogP contribution in [0.2, 0.25) is 5.15 Å². The van der Waals surface area contributed by atoms with Gasteiger partial charge < -0.3 is 10.4 Å². The topological polar surface area (TPSA) is 50.1 Å². The van der Waals surface area contributed by atoms with Crippen LogP contribution in [0, 0.1) is 5.92 Å². The average Bonchev–Trinajstić information content (AvgIpc) is 2.52. The first-order chi connectivity index (χ1) is 6.77. The van der Waals surface area contributed by atoms with Crippen LogP contribution in [0.25, 0.3) is 0 Å². The van der Waals surface area contributed by atoms with Gasteiger partial charge in [-0.25, -0.2) is 0 Å². The van der Waals surface area contributed by atoms with E-state index < -0.39 is 0 Å². The predicted octanol–water partition coefficient (Wildman–Crippen LogP) is 1.24. The fraction of sp³-hybridized carbons (Fsp3) is 0.667. The zero-order chi connectivity index (χ0) is 9.97. The number of piperidine rings is 1. The molecule has 0 saturated carbocycles. The monoisotopic (exact) mass is 215 g/mol. The van der Waals surface area contributed by atoms with E-state index >= 15 is 0 Å². The predicted molar refractivity (Wildman–Crippen MR) is 54.5 cm³/mol. The molecule has 2 N–H and O–H groups in total. The Bertz CT molecular complexity index is 307. The molecule has 1 unspecified atom stereocenters. The summed E-state index contributed by atoms with van der Waals surface area (Å²) in [4.78, 5) is 0. The molecule has 1 aromatic heterocycles. The van der Waals surface area contributed by atoms with Crippen molar-refractivity contribution in [2.24, 2.45) is 5.92 Å². The van der Waals surface area contributed by atoms with Gasteiger partial charge in [-0.05, 0) is 31.8 Å². The molecule has 1 aromatic rings. The Morgan fingerprint density at radius 1 is 1.71 bits per heavy atom. The summed E-state index contributed by atoms with van der Waals surface area (Å²) in [5, 5.41) is 16.9. The van der Waals surface area contributed by atoms with Gasteiger partial charge in [0.05, 0.1) is 6.20 Å². The van der Waals surface area contributed by atoms with Gasteiger partial charge in [0.25, 0.3) is 0 Å². The van der Waals surface area contributed by atoms with Gasteiger partial charge in [-0.1, -0.05) is 11.6 Å². The maximum absolute atomic E-state index is 9.24. The third-order valence-corrected chi connectivity index (χ3v) is 2.98. The van der Waals surface area contributed by atoms with E-state index in [-0.39, 0.29) is 5.75 Å². The number of rotatable bonds is 2. The Morgan fingerprint density at radius 2 is 2.57 bits per heavy atom. The van der Waals surface area contributed by atoms with E-state index in [2.05, 4.69) is 10.4 Å². The van der Waals surface area contributed by atoms with Crippen molar-refractivity contribution in [1.29, 1.82) is 0 Å². The molecule has 0 aromatic carbocycles. The van der Waals surface area contributed by atoms with Gasteiger partial charge in [0, 0.05) is 6.54 Å². The highest BCUT2D eigenvalue weighted by atomic mass is 35.5. The number of aromatic hydroxyl groups is 1. The van der Waals surface area contributed by atoms with Crippen molar-refractivity contribution < 1.29 is 5.11 Å².